The number of anilines is 2. The Hall–Kier alpha value is -4.35. The zero-order chi connectivity index (χ0) is 25.6. The molecule has 4 aromatic rings. The molecule has 0 unspecified atom stereocenters. The fourth-order valence-electron chi connectivity index (χ4n) is 3.97. The molecule has 1 saturated heterocycles. The predicted molar refractivity (Wildman–Crippen MR) is 144 cm³/mol. The largest absolute Gasteiger partial charge is 0.454 e. The normalized spacial score (nSPS) is 12.6. The number of carbonyl (C=O) groups excluding carboxylic acids is 1. The number of hydrogen-bond donors (Lipinski definition) is 2. The second-order valence-corrected chi connectivity index (χ2v) is 9.02. The molecule has 0 aliphatic carbocycles. The van der Waals surface area contributed by atoms with Crippen LogP contribution in [0.5, 0.6) is 11.5 Å². The Morgan fingerprint density at radius 1 is 1.08 bits per heavy atom. The second-order valence-electron chi connectivity index (χ2n) is 8.62. The lowest BCUT2D eigenvalue weighted by atomic mass is 10.1. The topological polar surface area (TPSA) is 92.3 Å². The number of aryl methyl sites for hydroxylation is 1. The SMILES string of the molecule is Cc1ccc(Oc2ccc(Nc3ncnc4ccc(C#CCNC(=O)N5CCCC5)cc34)cc2Cl)cn1. The van der Waals surface area contributed by atoms with E-state index in [-0.39, 0.29) is 12.6 Å². The number of nitrogens with one attached hydrogen (secondary N) is 2. The molecule has 2 aromatic carbocycles. The minimum Gasteiger partial charge on any atom is -0.454 e. The van der Waals surface area contributed by atoms with Gasteiger partial charge in [0.15, 0.2) is 0 Å². The van der Waals surface area contributed by atoms with Gasteiger partial charge in [-0.2, -0.15) is 0 Å². The molecule has 9 heteroatoms. The summed E-state index contributed by atoms with van der Waals surface area (Å²) in [5.74, 6) is 7.89. The Bertz CT molecular complexity index is 1490. The first kappa shape index (κ1) is 24.3. The molecular weight excluding hydrogens is 488 g/mol. The van der Waals surface area contributed by atoms with E-state index < -0.39 is 0 Å². The van der Waals surface area contributed by atoms with Crippen molar-refractivity contribution in [3.63, 3.8) is 0 Å². The predicted octanol–water partition coefficient (Wildman–Crippen LogP) is 5.68. The van der Waals surface area contributed by atoms with Crippen LogP contribution in [0.15, 0.2) is 61.1 Å². The standard InChI is InChI=1S/C28H25ClN6O2/c1-19-6-9-22(17-31-19)37-26-11-8-21(16-24(26)29)34-27-23-15-20(7-10-25(23)32-18-33-27)5-4-12-30-28(36)35-13-2-3-14-35/h6-11,15-18H,2-3,12-14H2,1H3,(H,30,36)(H,32,33,34). The first-order chi connectivity index (χ1) is 18.0. The maximum absolute atomic E-state index is 12.1. The van der Waals surface area contributed by atoms with Gasteiger partial charge in [0.1, 0.15) is 23.6 Å². The number of likely N-dealkylation sites (tertiary alicyclic amines) is 1. The lowest BCUT2D eigenvalue weighted by Gasteiger charge is -2.14. The van der Waals surface area contributed by atoms with Crippen LogP contribution >= 0.6 is 11.6 Å². The van der Waals surface area contributed by atoms with Crippen molar-refractivity contribution in [2.75, 3.05) is 25.0 Å². The van der Waals surface area contributed by atoms with Crippen molar-refractivity contribution in [3.8, 4) is 23.3 Å². The molecule has 0 spiro atoms. The maximum Gasteiger partial charge on any atom is 0.318 e. The summed E-state index contributed by atoms with van der Waals surface area (Å²) in [6.45, 7) is 3.82. The maximum atomic E-state index is 12.1. The van der Waals surface area contributed by atoms with Crippen molar-refractivity contribution in [1.82, 2.24) is 25.2 Å². The molecule has 0 bridgehead atoms. The quantitative estimate of drug-likeness (QED) is 0.334. The number of hydrogen-bond acceptors (Lipinski definition) is 6. The number of pyridine rings is 1. The highest BCUT2D eigenvalue weighted by molar-refractivity contribution is 6.32. The van der Waals surface area contributed by atoms with Gasteiger partial charge < -0.3 is 20.3 Å². The monoisotopic (exact) mass is 512 g/mol. The van der Waals surface area contributed by atoms with Gasteiger partial charge >= 0.3 is 6.03 Å². The van der Waals surface area contributed by atoms with Crippen molar-refractivity contribution in [1.29, 1.82) is 0 Å². The van der Waals surface area contributed by atoms with Gasteiger partial charge in [-0.05, 0) is 68.3 Å². The van der Waals surface area contributed by atoms with E-state index in [1.54, 1.807) is 18.3 Å². The van der Waals surface area contributed by atoms with Crippen molar-refractivity contribution in [3.05, 3.63) is 77.3 Å². The van der Waals surface area contributed by atoms with Crippen LogP contribution in [-0.2, 0) is 0 Å². The second kappa shape index (κ2) is 11.1. The van der Waals surface area contributed by atoms with Crippen molar-refractivity contribution in [2.24, 2.45) is 0 Å². The Labute approximate surface area is 220 Å². The number of urea groups is 1. The zero-order valence-electron chi connectivity index (χ0n) is 20.3. The highest BCUT2D eigenvalue weighted by atomic mass is 35.5. The first-order valence-electron chi connectivity index (χ1n) is 12.0. The Kier molecular flexibility index (Phi) is 7.33. The van der Waals surface area contributed by atoms with E-state index in [2.05, 4.69) is 37.4 Å². The number of rotatable bonds is 5. The van der Waals surface area contributed by atoms with E-state index in [1.165, 1.54) is 6.33 Å². The van der Waals surface area contributed by atoms with Crippen molar-refractivity contribution >= 4 is 40.0 Å². The van der Waals surface area contributed by atoms with Crippen LogP contribution in [0.3, 0.4) is 0 Å². The van der Waals surface area contributed by atoms with Crippen LogP contribution in [0.4, 0.5) is 16.3 Å². The molecule has 8 nitrogen and oxygen atoms in total. The summed E-state index contributed by atoms with van der Waals surface area (Å²) in [5, 5.41) is 7.43. The number of nitrogens with zero attached hydrogens (tertiary/aromatic N) is 4. The highest BCUT2D eigenvalue weighted by Gasteiger charge is 2.16. The zero-order valence-corrected chi connectivity index (χ0v) is 21.0. The average Bonchev–Trinajstić information content (AvgIpc) is 3.45. The van der Waals surface area contributed by atoms with Gasteiger partial charge in [0.05, 0.1) is 23.3 Å². The van der Waals surface area contributed by atoms with E-state index in [0.29, 0.717) is 22.3 Å². The summed E-state index contributed by atoms with van der Waals surface area (Å²) in [5.41, 5.74) is 3.24. The number of carbonyl (C=O) groups is 1. The van der Waals surface area contributed by atoms with Crippen LogP contribution in [0.25, 0.3) is 10.9 Å². The number of benzene rings is 2. The summed E-state index contributed by atoms with van der Waals surface area (Å²) >= 11 is 6.49. The third-order valence-electron chi connectivity index (χ3n) is 5.90. The van der Waals surface area contributed by atoms with Crippen LogP contribution in [0, 0.1) is 18.8 Å². The van der Waals surface area contributed by atoms with E-state index in [4.69, 9.17) is 16.3 Å². The van der Waals surface area contributed by atoms with E-state index in [9.17, 15) is 4.79 Å². The molecule has 2 N–H and O–H groups in total. The number of fused-ring (bicyclic) bond motifs is 1. The van der Waals surface area contributed by atoms with E-state index in [1.807, 2.05) is 48.2 Å². The number of aromatic nitrogens is 3. The molecule has 0 radical (unpaired) electrons. The lowest BCUT2D eigenvalue weighted by Crippen LogP contribution is -2.38. The highest BCUT2D eigenvalue weighted by Crippen LogP contribution is 2.33. The van der Waals surface area contributed by atoms with Crippen LogP contribution in [-0.4, -0.2) is 45.5 Å². The molecule has 3 heterocycles. The van der Waals surface area contributed by atoms with Gasteiger partial charge in [0.2, 0.25) is 0 Å². The Morgan fingerprint density at radius 2 is 1.95 bits per heavy atom. The summed E-state index contributed by atoms with van der Waals surface area (Å²) in [7, 11) is 0. The molecule has 5 rings (SSSR count). The van der Waals surface area contributed by atoms with Gasteiger partial charge in [0, 0.05) is 35.4 Å². The first-order valence-corrected chi connectivity index (χ1v) is 12.4. The molecule has 1 aliphatic heterocycles. The minimum atomic E-state index is -0.0594. The van der Waals surface area contributed by atoms with Gasteiger partial charge in [0.25, 0.3) is 0 Å². The minimum absolute atomic E-state index is 0.0594. The van der Waals surface area contributed by atoms with E-state index >= 15 is 0 Å². The van der Waals surface area contributed by atoms with Gasteiger partial charge in [-0.15, -0.1) is 0 Å². The summed E-state index contributed by atoms with van der Waals surface area (Å²) in [6, 6.07) is 14.8. The van der Waals surface area contributed by atoms with Crippen molar-refractivity contribution in [2.45, 2.75) is 19.8 Å². The third kappa shape index (κ3) is 6.08. The van der Waals surface area contributed by atoms with Gasteiger partial charge in [-0.25, -0.2) is 14.8 Å². The van der Waals surface area contributed by atoms with Gasteiger partial charge in [-0.1, -0.05) is 23.4 Å². The number of ether oxygens (including phenoxy) is 1. The molecule has 2 amide bonds. The van der Waals surface area contributed by atoms with Crippen LogP contribution < -0.4 is 15.4 Å². The van der Waals surface area contributed by atoms with E-state index in [0.717, 1.165) is 53.8 Å². The van der Waals surface area contributed by atoms with Crippen LogP contribution in [0.1, 0.15) is 24.1 Å². The fourth-order valence-corrected chi connectivity index (χ4v) is 4.19. The molecular formula is C28H25ClN6O2. The Balaban J connectivity index is 1.29. The summed E-state index contributed by atoms with van der Waals surface area (Å²) < 4.78 is 5.85. The molecule has 2 aromatic heterocycles. The van der Waals surface area contributed by atoms with Gasteiger partial charge in [-0.3, -0.25) is 4.98 Å². The van der Waals surface area contributed by atoms with Crippen molar-refractivity contribution < 1.29 is 9.53 Å². The Morgan fingerprint density at radius 3 is 2.73 bits per heavy atom. The molecule has 0 saturated carbocycles. The fraction of sp³-hybridized carbons (Fsp3) is 0.214. The summed E-state index contributed by atoms with van der Waals surface area (Å²) in [4.78, 5) is 26.9. The third-order valence-corrected chi connectivity index (χ3v) is 6.19. The number of halogens is 1. The average molecular weight is 513 g/mol. The summed E-state index contributed by atoms with van der Waals surface area (Å²) in [6.07, 6.45) is 5.29. The molecule has 1 aliphatic rings. The molecule has 0 atom stereocenters. The smallest absolute Gasteiger partial charge is 0.318 e. The van der Waals surface area contributed by atoms with Crippen LogP contribution in [0.2, 0.25) is 5.02 Å². The molecule has 186 valence electrons. The molecule has 37 heavy (non-hydrogen) atoms. The lowest BCUT2D eigenvalue weighted by molar-refractivity contribution is 0.210. The molecule has 1 fully saturated rings. The number of amides is 2.